The number of cyclic esters (lactones) is 1. The van der Waals surface area contributed by atoms with Crippen molar-refractivity contribution in [1.29, 1.82) is 0 Å². The second-order valence-electron chi connectivity index (χ2n) is 26.2. The minimum atomic E-state index is -2.59. The van der Waals surface area contributed by atoms with E-state index in [0.717, 1.165) is 22.3 Å². The third kappa shape index (κ3) is 23.6. The lowest BCUT2D eigenvalue weighted by Gasteiger charge is -2.47. The van der Waals surface area contributed by atoms with Gasteiger partial charge in [0.25, 0.3) is 17.6 Å². The molecular formula is C68H103N7O22S2. The lowest BCUT2D eigenvalue weighted by atomic mass is 9.82. The van der Waals surface area contributed by atoms with Crippen LogP contribution in [0.1, 0.15) is 119 Å². The molecule has 5 rings (SSSR count). The van der Waals surface area contributed by atoms with Crippen molar-refractivity contribution < 1.29 is 109 Å². The molecule has 1 saturated carbocycles. The van der Waals surface area contributed by atoms with Crippen LogP contribution in [0.5, 0.6) is 0 Å². The molecule has 0 radical (unpaired) electrons. The van der Waals surface area contributed by atoms with Gasteiger partial charge in [0.1, 0.15) is 61.9 Å². The average Bonchev–Trinajstić information content (AvgIpc) is 0.773. The maximum Gasteiger partial charge on any atom is 0.329 e. The smallest absolute Gasteiger partial charge is 0.329 e. The number of methoxy groups -OCH3 is 3. The van der Waals surface area contributed by atoms with Crippen LogP contribution >= 0.6 is 21.6 Å². The van der Waals surface area contributed by atoms with E-state index in [1.54, 1.807) is 69.0 Å². The number of nitrogens with one attached hydrogen (secondary N) is 6. The lowest BCUT2D eigenvalue weighted by Crippen LogP contribution is -2.64. The Hall–Kier alpha value is -5.88. The number of ether oxygens (including phenoxy) is 5. The van der Waals surface area contributed by atoms with Gasteiger partial charge in [-0.05, 0) is 120 Å². The van der Waals surface area contributed by atoms with Gasteiger partial charge in [0, 0.05) is 62.2 Å². The van der Waals surface area contributed by atoms with E-state index in [1.807, 2.05) is 31.3 Å². The van der Waals surface area contributed by atoms with Crippen LogP contribution in [0.4, 0.5) is 0 Å². The normalized spacial score (nSPS) is 30.4. The number of aldehydes is 1. The zero-order chi connectivity index (χ0) is 74.3. The number of imide groups is 1. The third-order valence-corrected chi connectivity index (χ3v) is 21.6. The number of hydrazine groups is 1. The number of hydrogen-bond acceptors (Lipinski definition) is 26. The fourth-order valence-corrected chi connectivity index (χ4v) is 15.6. The summed E-state index contributed by atoms with van der Waals surface area (Å²) < 4.78 is 37.7. The molecule has 20 atom stereocenters. The number of aliphatic hydroxyl groups is 7. The van der Waals surface area contributed by atoms with Gasteiger partial charge in [-0.1, -0.05) is 78.3 Å². The average molecular weight is 1440 g/mol. The van der Waals surface area contributed by atoms with E-state index in [4.69, 9.17) is 25.1 Å². The summed E-state index contributed by atoms with van der Waals surface area (Å²) >= 11 is 0. The number of fused-ring (bicyclic) bond motifs is 3. The monoisotopic (exact) mass is 1430 g/mol. The third-order valence-electron chi connectivity index (χ3n) is 18.6. The van der Waals surface area contributed by atoms with Crippen LogP contribution in [-0.2, 0) is 78.1 Å². The summed E-state index contributed by atoms with van der Waals surface area (Å²) in [6.07, 6.45) is 1.67. The highest BCUT2D eigenvalue weighted by molar-refractivity contribution is 8.77. The molecule has 1 aromatic rings. The summed E-state index contributed by atoms with van der Waals surface area (Å²) in [7, 11) is 7.70. The number of benzene rings is 1. The highest BCUT2D eigenvalue weighted by atomic mass is 33.1. The molecule has 2 saturated heterocycles. The van der Waals surface area contributed by atoms with Crippen molar-refractivity contribution >= 4 is 80.8 Å². The maximum atomic E-state index is 14.7. The molecule has 0 aromatic heterocycles. The number of ketones is 2. The Balaban J connectivity index is 1.23. The lowest BCUT2D eigenvalue weighted by molar-refractivity contribution is -0.302. The van der Waals surface area contributed by atoms with Crippen molar-refractivity contribution in [3.63, 3.8) is 0 Å². The Morgan fingerprint density at radius 1 is 0.818 bits per heavy atom. The molecule has 2 bridgehead atoms. The van der Waals surface area contributed by atoms with Crippen LogP contribution in [0.2, 0.25) is 0 Å². The minimum Gasteiger partial charge on any atom is -0.456 e. The molecule has 13 N–H and O–H groups in total. The first-order chi connectivity index (χ1) is 47.4. The van der Waals surface area contributed by atoms with Gasteiger partial charge in [0.2, 0.25) is 29.4 Å². The van der Waals surface area contributed by atoms with Crippen molar-refractivity contribution in [2.75, 3.05) is 54.3 Å². The number of hydrogen-bond donors (Lipinski definition) is 13. The van der Waals surface area contributed by atoms with Crippen LogP contribution < -0.4 is 32.1 Å². The van der Waals surface area contributed by atoms with Crippen molar-refractivity contribution in [2.24, 2.45) is 29.6 Å². The fourth-order valence-electron chi connectivity index (χ4n) is 12.8. The number of amides is 6. The molecule has 0 spiro atoms. The van der Waals surface area contributed by atoms with Gasteiger partial charge in [-0.25, -0.2) is 15.6 Å². The standard InChI is InChI=1S/C68H103N7O22S2/c1-11-14-44-24-36(2)23-37(3)25-54(94-9)60-55(95-10)27-39(5)68(92,97-60)61(85)66(90)75-22-13-12-15-50(75)67(91)96-59(40(6)51(82)30-52(44)83)38(4)26-43-18-21-56(53(28-43)93-8)99-98-46-19-16-42(17-20-46)29-57(84)71-62(86)47(33-78)70-63(87)48(34-79)73-74-49(35-80)64(88)72-58(41(7)81)65(89)69-45(31-76)32-77/h11,16-17,19-20,24,26,31,37,39-41,43-45,47-51,53-56,58-60,73-74,77-82,92H,1,12-15,18,21-23,25,27-30,32-35H2,2-10H3,(H,69,89)(H,70,87)(H,72,88)(H,71,84,86)/b36-24+,38-26+/t37-,39+,40+,41+,43-,44+,45?,47-,48?,49?,50-,51-,53+,54-,55-,56?,58-,59+,60+,68+/m0/s1/i31D. The van der Waals surface area contributed by atoms with Crippen LogP contribution in [0.3, 0.4) is 0 Å². The number of piperidine rings is 1. The summed E-state index contributed by atoms with van der Waals surface area (Å²) in [5.74, 6) is -13.7. The quantitative estimate of drug-likeness (QED) is 0.0132. The van der Waals surface area contributed by atoms with E-state index in [1.165, 1.54) is 25.0 Å². The van der Waals surface area contributed by atoms with Crippen molar-refractivity contribution in [1.82, 2.24) is 37.0 Å². The van der Waals surface area contributed by atoms with Crippen molar-refractivity contribution in [3.8, 4) is 0 Å². The van der Waals surface area contributed by atoms with E-state index >= 15 is 0 Å². The summed E-state index contributed by atoms with van der Waals surface area (Å²) in [5.41, 5.74) is 6.58. The number of carbonyl (C=O) groups excluding carboxylic acids is 10. The van der Waals surface area contributed by atoms with Crippen LogP contribution in [0.15, 0.2) is 65.1 Å². The van der Waals surface area contributed by atoms with Gasteiger partial charge >= 0.3 is 5.97 Å². The first-order valence-corrected chi connectivity index (χ1v) is 35.7. The van der Waals surface area contributed by atoms with Crippen molar-refractivity contribution in [2.45, 2.75) is 214 Å². The van der Waals surface area contributed by atoms with E-state index in [9.17, 15) is 83.7 Å². The Morgan fingerprint density at radius 2 is 1.44 bits per heavy atom. The van der Waals surface area contributed by atoms with Gasteiger partial charge in [0.15, 0.2) is 0 Å². The summed E-state index contributed by atoms with van der Waals surface area (Å²) in [6.45, 7) is 10.2. The van der Waals surface area contributed by atoms with Crippen LogP contribution in [-0.4, -0.2) is 244 Å². The molecule has 31 heteroatoms. The maximum absolute atomic E-state index is 14.7. The van der Waals surface area contributed by atoms with Gasteiger partial charge in [0.05, 0.1) is 63.4 Å². The van der Waals surface area contributed by atoms with E-state index in [-0.39, 0.29) is 61.2 Å². The second-order valence-corrected chi connectivity index (χ2v) is 28.8. The number of aliphatic hydroxyl groups excluding tert-OH is 6. The van der Waals surface area contributed by atoms with E-state index < -0.39 is 176 Å². The molecule has 99 heavy (non-hydrogen) atoms. The number of rotatable bonds is 28. The zero-order valence-electron chi connectivity index (χ0n) is 58.8. The largest absolute Gasteiger partial charge is 0.456 e. The Labute approximate surface area is 587 Å². The van der Waals surface area contributed by atoms with E-state index in [0.29, 0.717) is 62.5 Å². The summed E-state index contributed by atoms with van der Waals surface area (Å²) in [4.78, 5) is 136. The Morgan fingerprint density at radius 3 is 2.03 bits per heavy atom. The molecule has 554 valence electrons. The zero-order valence-corrected chi connectivity index (χ0v) is 59.4. The molecule has 3 aliphatic heterocycles. The highest BCUT2D eigenvalue weighted by Gasteiger charge is 2.57. The molecule has 4 unspecified atom stereocenters. The fraction of sp³-hybridized carbons (Fsp3) is 0.676. The second kappa shape index (κ2) is 40.7. The molecule has 29 nitrogen and oxygen atoms in total. The SMILES string of the molecule is [2H]C(=O)C(CO)NC(=O)[C@@H](NC(=O)C(CO)NNC(CO)C(=O)N[C@@H](CO)C(=O)NC(=O)Cc1ccc(SSC2CC[C@@H](/C=C(\C)[C@H]3OC(=O)[C@@H]4CCCCN4C(=O)C(=O)[C@]4(O)O[C@H]([C@@H](OC)C[C@@H](C)C/C(C)=C/[C@@H](CC=C)C(=O)C[C@H](O)[C@H]3C)[C@@H](OC)C[C@H]4C)C[C@H]2OC)cc1)[C@@H](C)O. The topological polar surface area (TPSA) is 434 Å². The minimum absolute atomic E-state index is 0.00314. The molecule has 3 heterocycles. The van der Waals surface area contributed by atoms with Gasteiger partial charge < -0.3 is 85.1 Å². The number of allylic oxidation sites excluding steroid dienone is 4. The number of nitrogens with zero attached hydrogens (tertiary/aromatic N) is 1. The Kier molecular flexibility index (Phi) is 33.7. The number of Topliss-reactive ketones (excluding diaryl/α,β-unsaturated/α-hetero) is 2. The van der Waals surface area contributed by atoms with E-state index in [2.05, 4.69) is 33.4 Å². The predicted molar refractivity (Wildman–Crippen MR) is 363 cm³/mol. The van der Waals surface area contributed by atoms with Crippen LogP contribution in [0.25, 0.3) is 0 Å². The molecule has 4 aliphatic rings. The highest BCUT2D eigenvalue weighted by Crippen LogP contribution is 2.44. The molecular weight excluding hydrogens is 1330 g/mol. The summed E-state index contributed by atoms with van der Waals surface area (Å²) in [6, 6.07) is -2.69. The first kappa shape index (κ1) is 82.1. The molecule has 6 amide bonds. The van der Waals surface area contributed by atoms with Crippen LogP contribution in [0, 0.1) is 29.6 Å². The molecule has 1 aliphatic carbocycles. The molecule has 1 aromatic carbocycles. The Bertz CT molecular complexity index is 3040. The number of carbonyl (C=O) groups is 10. The van der Waals surface area contributed by atoms with Gasteiger partial charge in [-0.3, -0.25) is 43.7 Å². The summed E-state index contributed by atoms with van der Waals surface area (Å²) in [5, 5.41) is 81.9. The predicted octanol–water partition coefficient (Wildman–Crippen LogP) is 0.107. The number of esters is 1. The van der Waals surface area contributed by atoms with Gasteiger partial charge in [-0.2, -0.15) is 0 Å². The van der Waals surface area contributed by atoms with Gasteiger partial charge in [-0.15, -0.1) is 6.58 Å². The first-order valence-electron chi connectivity index (χ1n) is 33.9. The molecule has 3 fully saturated rings. The van der Waals surface area contributed by atoms with Crippen molar-refractivity contribution in [3.05, 3.63) is 65.8 Å².